The minimum atomic E-state index is 0.204. The third-order valence-corrected chi connectivity index (χ3v) is 5.08. The van der Waals surface area contributed by atoms with Crippen molar-refractivity contribution >= 4 is 22.9 Å². The Hall–Kier alpha value is -0.0500. The van der Waals surface area contributed by atoms with E-state index in [0.29, 0.717) is 0 Å². The molecule has 17 heavy (non-hydrogen) atoms. The topological polar surface area (TPSA) is 12.0 Å². The molecule has 2 unspecified atom stereocenters. The summed E-state index contributed by atoms with van der Waals surface area (Å²) in [6.45, 7) is 3.40. The van der Waals surface area contributed by atoms with E-state index in [0.717, 1.165) is 24.8 Å². The third kappa shape index (κ3) is 3.70. The molecule has 1 nitrogen and oxygen atoms in total. The molecule has 1 fully saturated rings. The zero-order valence-electron chi connectivity index (χ0n) is 10.5. The van der Waals surface area contributed by atoms with Crippen molar-refractivity contribution in [3.05, 3.63) is 22.4 Å². The summed E-state index contributed by atoms with van der Waals surface area (Å²) in [4.78, 5) is 0. The number of alkyl halides is 1. The summed E-state index contributed by atoms with van der Waals surface area (Å²) >= 11 is 7.98. The maximum atomic E-state index is 6.20. The van der Waals surface area contributed by atoms with Gasteiger partial charge in [0, 0.05) is 11.4 Å². The van der Waals surface area contributed by atoms with Crippen LogP contribution >= 0.6 is 22.9 Å². The lowest BCUT2D eigenvalue weighted by Gasteiger charge is -2.39. The SMILES string of the molecule is CC1CCCC(CCl)(NCCc2ccsc2)C1. The van der Waals surface area contributed by atoms with Gasteiger partial charge in [0.25, 0.3) is 0 Å². The molecule has 1 aliphatic carbocycles. The van der Waals surface area contributed by atoms with Crippen LogP contribution in [0.5, 0.6) is 0 Å². The Bertz CT molecular complexity index is 325. The Morgan fingerprint density at radius 3 is 3.12 bits per heavy atom. The van der Waals surface area contributed by atoms with Crippen LogP contribution in [0.25, 0.3) is 0 Å². The lowest BCUT2D eigenvalue weighted by Crippen LogP contribution is -2.50. The second-order valence-corrected chi connectivity index (χ2v) is 6.47. The lowest BCUT2D eigenvalue weighted by atomic mass is 9.77. The Balaban J connectivity index is 1.82. The summed E-state index contributed by atoms with van der Waals surface area (Å²) in [5.41, 5.74) is 1.64. The van der Waals surface area contributed by atoms with Crippen LogP contribution in [-0.2, 0) is 6.42 Å². The Morgan fingerprint density at radius 1 is 1.59 bits per heavy atom. The molecule has 1 saturated carbocycles. The smallest absolute Gasteiger partial charge is 0.0406 e. The highest BCUT2D eigenvalue weighted by Gasteiger charge is 2.33. The van der Waals surface area contributed by atoms with Crippen LogP contribution in [0.3, 0.4) is 0 Å². The molecule has 0 radical (unpaired) electrons. The zero-order valence-corrected chi connectivity index (χ0v) is 12.1. The highest BCUT2D eigenvalue weighted by molar-refractivity contribution is 7.07. The van der Waals surface area contributed by atoms with Crippen LogP contribution in [0, 0.1) is 5.92 Å². The van der Waals surface area contributed by atoms with Gasteiger partial charge in [0.15, 0.2) is 0 Å². The van der Waals surface area contributed by atoms with E-state index < -0.39 is 0 Å². The summed E-state index contributed by atoms with van der Waals surface area (Å²) in [5, 5.41) is 8.11. The Kier molecular flexibility index (Phi) is 4.89. The molecule has 2 atom stereocenters. The van der Waals surface area contributed by atoms with Crippen molar-refractivity contribution in [2.75, 3.05) is 12.4 Å². The predicted octanol–water partition coefficient (Wildman–Crippen LogP) is 4.07. The highest BCUT2D eigenvalue weighted by atomic mass is 35.5. The Labute approximate surface area is 114 Å². The molecule has 1 aromatic heterocycles. The molecule has 0 saturated heterocycles. The number of nitrogens with one attached hydrogen (secondary N) is 1. The minimum absolute atomic E-state index is 0.204. The molecule has 0 spiro atoms. The normalized spacial score (nSPS) is 29.4. The number of rotatable bonds is 5. The van der Waals surface area contributed by atoms with E-state index in [4.69, 9.17) is 11.6 Å². The van der Waals surface area contributed by atoms with Crippen molar-refractivity contribution in [2.45, 2.75) is 44.6 Å². The van der Waals surface area contributed by atoms with Crippen LogP contribution in [0.15, 0.2) is 16.8 Å². The van der Waals surface area contributed by atoms with E-state index >= 15 is 0 Å². The molecule has 1 heterocycles. The van der Waals surface area contributed by atoms with Gasteiger partial charge in [0.2, 0.25) is 0 Å². The largest absolute Gasteiger partial charge is 0.310 e. The maximum absolute atomic E-state index is 6.20. The van der Waals surface area contributed by atoms with Gasteiger partial charge in [-0.1, -0.05) is 19.8 Å². The summed E-state index contributed by atoms with van der Waals surface area (Å²) in [5.74, 6) is 1.57. The monoisotopic (exact) mass is 271 g/mol. The van der Waals surface area contributed by atoms with Gasteiger partial charge in [0.05, 0.1) is 0 Å². The van der Waals surface area contributed by atoms with Crippen LogP contribution in [0.1, 0.15) is 38.2 Å². The van der Waals surface area contributed by atoms with Gasteiger partial charge in [-0.2, -0.15) is 11.3 Å². The molecule has 2 rings (SSSR count). The number of halogens is 1. The molecule has 0 aliphatic heterocycles. The molecule has 1 N–H and O–H groups in total. The van der Waals surface area contributed by atoms with Crippen LogP contribution in [-0.4, -0.2) is 18.0 Å². The standard InChI is InChI=1S/C14H22ClNS/c1-12-3-2-6-14(9-12,11-15)16-7-4-13-5-8-17-10-13/h5,8,10,12,16H,2-4,6-7,9,11H2,1H3. The predicted molar refractivity (Wildman–Crippen MR) is 77.1 cm³/mol. The van der Waals surface area contributed by atoms with Gasteiger partial charge in [-0.25, -0.2) is 0 Å². The van der Waals surface area contributed by atoms with E-state index in [1.165, 1.54) is 31.2 Å². The molecule has 3 heteroatoms. The first kappa shape index (κ1) is 13.4. The van der Waals surface area contributed by atoms with Crippen molar-refractivity contribution in [2.24, 2.45) is 5.92 Å². The van der Waals surface area contributed by atoms with Crippen molar-refractivity contribution in [1.82, 2.24) is 5.32 Å². The van der Waals surface area contributed by atoms with Crippen molar-refractivity contribution in [3.8, 4) is 0 Å². The highest BCUT2D eigenvalue weighted by Crippen LogP contribution is 2.33. The van der Waals surface area contributed by atoms with Gasteiger partial charge >= 0.3 is 0 Å². The van der Waals surface area contributed by atoms with Crippen molar-refractivity contribution in [1.29, 1.82) is 0 Å². The van der Waals surface area contributed by atoms with Crippen LogP contribution in [0.2, 0.25) is 0 Å². The fourth-order valence-electron chi connectivity index (χ4n) is 2.90. The van der Waals surface area contributed by atoms with Gasteiger partial charge < -0.3 is 5.32 Å². The Morgan fingerprint density at radius 2 is 2.47 bits per heavy atom. The summed E-state index contributed by atoms with van der Waals surface area (Å²) in [6.07, 6.45) is 6.28. The average molecular weight is 272 g/mol. The average Bonchev–Trinajstić information content (AvgIpc) is 2.82. The fraction of sp³-hybridized carbons (Fsp3) is 0.714. The second-order valence-electron chi connectivity index (χ2n) is 5.42. The van der Waals surface area contributed by atoms with Crippen LogP contribution < -0.4 is 5.32 Å². The van der Waals surface area contributed by atoms with E-state index in [-0.39, 0.29) is 5.54 Å². The van der Waals surface area contributed by atoms with E-state index in [2.05, 4.69) is 29.1 Å². The summed E-state index contributed by atoms with van der Waals surface area (Å²) < 4.78 is 0. The van der Waals surface area contributed by atoms with Crippen molar-refractivity contribution < 1.29 is 0 Å². The van der Waals surface area contributed by atoms with Gasteiger partial charge in [-0.05, 0) is 54.1 Å². The van der Waals surface area contributed by atoms with Gasteiger partial charge in [-0.3, -0.25) is 0 Å². The number of thiophene rings is 1. The summed E-state index contributed by atoms with van der Waals surface area (Å²) in [6, 6.07) is 2.21. The molecule has 0 bridgehead atoms. The minimum Gasteiger partial charge on any atom is -0.310 e. The van der Waals surface area contributed by atoms with E-state index in [1.54, 1.807) is 11.3 Å². The van der Waals surface area contributed by atoms with E-state index in [9.17, 15) is 0 Å². The van der Waals surface area contributed by atoms with Gasteiger partial charge in [0.1, 0.15) is 0 Å². The van der Waals surface area contributed by atoms with E-state index in [1.807, 2.05) is 0 Å². The zero-order chi connectivity index (χ0) is 12.1. The molecule has 0 aromatic carbocycles. The first-order valence-corrected chi connectivity index (χ1v) is 8.04. The lowest BCUT2D eigenvalue weighted by molar-refractivity contribution is 0.210. The van der Waals surface area contributed by atoms with Crippen molar-refractivity contribution in [3.63, 3.8) is 0 Å². The third-order valence-electron chi connectivity index (χ3n) is 3.84. The molecule has 96 valence electrons. The molecule has 1 aromatic rings. The quantitative estimate of drug-likeness (QED) is 0.796. The fourth-order valence-corrected chi connectivity index (χ4v) is 3.94. The first-order valence-electron chi connectivity index (χ1n) is 6.56. The molecule has 0 amide bonds. The maximum Gasteiger partial charge on any atom is 0.0406 e. The molecular formula is C14H22ClNS. The molecular weight excluding hydrogens is 250 g/mol. The van der Waals surface area contributed by atoms with Gasteiger partial charge in [-0.15, -0.1) is 11.6 Å². The first-order chi connectivity index (χ1) is 8.24. The summed E-state index contributed by atoms with van der Waals surface area (Å²) in [7, 11) is 0. The second kappa shape index (κ2) is 6.21. The molecule has 1 aliphatic rings. The number of hydrogen-bond donors (Lipinski definition) is 1. The van der Waals surface area contributed by atoms with Crippen LogP contribution in [0.4, 0.5) is 0 Å². The number of hydrogen-bond acceptors (Lipinski definition) is 2.